The van der Waals surface area contributed by atoms with Gasteiger partial charge in [-0.2, -0.15) is 0 Å². The van der Waals surface area contributed by atoms with Crippen molar-refractivity contribution < 1.29 is 13.9 Å². The predicted molar refractivity (Wildman–Crippen MR) is 113 cm³/mol. The van der Waals surface area contributed by atoms with Crippen LogP contribution in [-0.2, 0) is 29.1 Å². The SMILES string of the molecule is Cc1c(Cl)nc(NCCc2cccc(F)c2)c(=O)n1CC(=O)OCc1ccccc1. The van der Waals surface area contributed by atoms with E-state index in [9.17, 15) is 14.0 Å². The van der Waals surface area contributed by atoms with E-state index in [0.29, 0.717) is 18.7 Å². The molecule has 0 aliphatic carbocycles. The number of rotatable bonds is 8. The Morgan fingerprint density at radius 3 is 2.63 bits per heavy atom. The highest BCUT2D eigenvalue weighted by molar-refractivity contribution is 6.30. The third-order valence-electron chi connectivity index (χ3n) is 4.49. The lowest BCUT2D eigenvalue weighted by Gasteiger charge is -2.14. The van der Waals surface area contributed by atoms with E-state index in [0.717, 1.165) is 11.1 Å². The molecule has 0 aliphatic rings. The summed E-state index contributed by atoms with van der Waals surface area (Å²) in [4.78, 5) is 29.1. The summed E-state index contributed by atoms with van der Waals surface area (Å²) in [6, 6.07) is 15.5. The molecule has 0 saturated carbocycles. The van der Waals surface area contributed by atoms with Gasteiger partial charge in [-0.25, -0.2) is 9.37 Å². The van der Waals surface area contributed by atoms with Crippen LogP contribution in [0, 0.1) is 12.7 Å². The van der Waals surface area contributed by atoms with Gasteiger partial charge < -0.3 is 10.1 Å². The summed E-state index contributed by atoms with van der Waals surface area (Å²) >= 11 is 6.15. The van der Waals surface area contributed by atoms with Gasteiger partial charge in [0.05, 0.1) is 5.69 Å². The van der Waals surface area contributed by atoms with Crippen LogP contribution in [0.3, 0.4) is 0 Å². The van der Waals surface area contributed by atoms with Crippen molar-refractivity contribution in [1.29, 1.82) is 0 Å². The van der Waals surface area contributed by atoms with Gasteiger partial charge in [0, 0.05) is 6.54 Å². The maximum absolute atomic E-state index is 13.3. The Morgan fingerprint density at radius 1 is 1.17 bits per heavy atom. The van der Waals surface area contributed by atoms with E-state index in [1.807, 2.05) is 30.3 Å². The first kappa shape index (κ1) is 21.5. The third-order valence-corrected chi connectivity index (χ3v) is 4.84. The number of esters is 1. The van der Waals surface area contributed by atoms with E-state index in [2.05, 4.69) is 10.3 Å². The minimum Gasteiger partial charge on any atom is -0.459 e. The zero-order chi connectivity index (χ0) is 21.5. The molecule has 0 spiro atoms. The smallest absolute Gasteiger partial charge is 0.326 e. The van der Waals surface area contributed by atoms with Gasteiger partial charge >= 0.3 is 5.97 Å². The Kier molecular flexibility index (Phi) is 7.19. The summed E-state index contributed by atoms with van der Waals surface area (Å²) in [5.74, 6) is -0.852. The fraction of sp³-hybridized carbons (Fsp3) is 0.227. The van der Waals surface area contributed by atoms with E-state index >= 15 is 0 Å². The Morgan fingerprint density at radius 2 is 1.90 bits per heavy atom. The summed E-state index contributed by atoms with van der Waals surface area (Å²) in [6.07, 6.45) is 0.490. The van der Waals surface area contributed by atoms with Crippen LogP contribution in [0.5, 0.6) is 0 Å². The van der Waals surface area contributed by atoms with Crippen LogP contribution in [0.2, 0.25) is 5.15 Å². The van der Waals surface area contributed by atoms with Crippen LogP contribution in [0.4, 0.5) is 10.2 Å². The highest BCUT2D eigenvalue weighted by Crippen LogP contribution is 2.13. The molecule has 1 heterocycles. The Hall–Kier alpha value is -3.19. The van der Waals surface area contributed by atoms with Crippen molar-refractivity contribution in [3.8, 4) is 0 Å². The van der Waals surface area contributed by atoms with Gasteiger partial charge in [-0.15, -0.1) is 0 Å². The monoisotopic (exact) mass is 429 g/mol. The molecule has 0 aliphatic heterocycles. The second-order valence-electron chi connectivity index (χ2n) is 6.68. The first-order valence-electron chi connectivity index (χ1n) is 9.39. The molecule has 8 heteroatoms. The minimum absolute atomic E-state index is 0.0258. The van der Waals surface area contributed by atoms with Crippen molar-refractivity contribution in [3.63, 3.8) is 0 Å². The number of benzene rings is 2. The molecule has 30 heavy (non-hydrogen) atoms. The maximum atomic E-state index is 13.3. The van der Waals surface area contributed by atoms with Crippen LogP contribution in [0.15, 0.2) is 59.4 Å². The zero-order valence-corrected chi connectivity index (χ0v) is 17.2. The molecule has 3 aromatic rings. The van der Waals surface area contributed by atoms with Crippen LogP contribution < -0.4 is 10.9 Å². The highest BCUT2D eigenvalue weighted by atomic mass is 35.5. The molecule has 1 aromatic heterocycles. The molecule has 156 valence electrons. The summed E-state index contributed by atoms with van der Waals surface area (Å²) in [5.41, 5.74) is 1.52. The molecule has 2 aromatic carbocycles. The second-order valence-corrected chi connectivity index (χ2v) is 7.04. The van der Waals surface area contributed by atoms with Crippen molar-refractivity contribution in [2.75, 3.05) is 11.9 Å². The van der Waals surface area contributed by atoms with Crippen molar-refractivity contribution in [1.82, 2.24) is 9.55 Å². The number of aromatic nitrogens is 2. The second kappa shape index (κ2) is 10.0. The van der Waals surface area contributed by atoms with Crippen molar-refractivity contribution in [2.45, 2.75) is 26.5 Å². The Bertz CT molecular complexity index is 1090. The van der Waals surface area contributed by atoms with Crippen LogP contribution >= 0.6 is 11.6 Å². The van der Waals surface area contributed by atoms with Gasteiger partial charge in [-0.05, 0) is 36.6 Å². The van der Waals surface area contributed by atoms with Crippen LogP contribution in [0.1, 0.15) is 16.8 Å². The quantitative estimate of drug-likeness (QED) is 0.552. The minimum atomic E-state index is -0.558. The lowest BCUT2D eigenvalue weighted by molar-refractivity contribution is -0.145. The first-order valence-corrected chi connectivity index (χ1v) is 9.76. The van der Waals surface area contributed by atoms with Gasteiger partial charge in [-0.3, -0.25) is 14.2 Å². The van der Waals surface area contributed by atoms with Gasteiger partial charge in [0.1, 0.15) is 19.0 Å². The molecule has 0 amide bonds. The largest absolute Gasteiger partial charge is 0.459 e. The van der Waals surface area contributed by atoms with Crippen molar-refractivity contribution >= 4 is 23.4 Å². The van der Waals surface area contributed by atoms with E-state index < -0.39 is 11.5 Å². The molecule has 0 atom stereocenters. The van der Waals surface area contributed by atoms with Crippen molar-refractivity contribution in [2.24, 2.45) is 0 Å². The average Bonchev–Trinajstić information content (AvgIpc) is 2.74. The van der Waals surface area contributed by atoms with Gasteiger partial charge in [0.25, 0.3) is 5.56 Å². The van der Waals surface area contributed by atoms with Gasteiger partial charge in [0.15, 0.2) is 11.0 Å². The molecule has 0 unspecified atom stereocenters. The molecule has 3 rings (SSSR count). The molecule has 0 radical (unpaired) electrons. The molecular formula is C22H21ClFN3O3. The number of nitrogens with zero attached hydrogens (tertiary/aromatic N) is 2. The van der Waals surface area contributed by atoms with Gasteiger partial charge in [-0.1, -0.05) is 54.1 Å². The number of anilines is 1. The predicted octanol–water partition coefficient (Wildman–Crippen LogP) is 3.74. The number of nitrogens with one attached hydrogen (secondary N) is 1. The summed E-state index contributed by atoms with van der Waals surface area (Å²) in [7, 11) is 0. The number of ether oxygens (including phenoxy) is 1. The van der Waals surface area contributed by atoms with E-state index in [1.165, 1.54) is 16.7 Å². The Balaban J connectivity index is 1.66. The fourth-order valence-corrected chi connectivity index (χ4v) is 3.04. The van der Waals surface area contributed by atoms with E-state index in [-0.39, 0.29) is 29.9 Å². The molecule has 1 N–H and O–H groups in total. The highest BCUT2D eigenvalue weighted by Gasteiger charge is 2.16. The zero-order valence-electron chi connectivity index (χ0n) is 16.4. The number of halogens is 2. The summed E-state index contributed by atoms with van der Waals surface area (Å²) < 4.78 is 19.8. The first-order chi connectivity index (χ1) is 14.4. The lowest BCUT2D eigenvalue weighted by atomic mass is 10.1. The molecule has 6 nitrogen and oxygen atoms in total. The molecule has 0 fully saturated rings. The van der Waals surface area contributed by atoms with Crippen LogP contribution in [0.25, 0.3) is 0 Å². The lowest BCUT2D eigenvalue weighted by Crippen LogP contribution is -2.31. The Labute approximate surface area is 178 Å². The van der Waals surface area contributed by atoms with E-state index in [1.54, 1.807) is 19.1 Å². The maximum Gasteiger partial charge on any atom is 0.326 e. The number of hydrogen-bond donors (Lipinski definition) is 1. The summed E-state index contributed by atoms with van der Waals surface area (Å²) in [6.45, 7) is 1.80. The molecule has 0 bridgehead atoms. The average molecular weight is 430 g/mol. The number of carbonyl (C=O) groups excluding carboxylic acids is 1. The normalized spacial score (nSPS) is 10.6. The van der Waals surface area contributed by atoms with Crippen LogP contribution in [-0.4, -0.2) is 22.1 Å². The molecule has 0 saturated heterocycles. The molecular weight excluding hydrogens is 409 g/mol. The standard InChI is InChI=1S/C22H21ClFN3O3/c1-15-20(23)26-21(25-11-10-16-8-5-9-18(24)12-16)22(29)27(15)13-19(28)30-14-17-6-3-2-4-7-17/h2-9,12H,10-11,13-14H2,1H3,(H,25,26). The topological polar surface area (TPSA) is 73.2 Å². The van der Waals surface area contributed by atoms with E-state index in [4.69, 9.17) is 16.3 Å². The van der Waals surface area contributed by atoms with Gasteiger partial charge in [0.2, 0.25) is 0 Å². The third kappa shape index (κ3) is 5.67. The number of carbonyl (C=O) groups is 1. The fourth-order valence-electron chi connectivity index (χ4n) is 2.85. The van der Waals surface area contributed by atoms with Crippen molar-refractivity contribution in [3.05, 3.63) is 92.7 Å². The summed E-state index contributed by atoms with van der Waals surface area (Å²) in [5, 5.41) is 3.03. The number of hydrogen-bond acceptors (Lipinski definition) is 5.